The molecule has 0 aliphatic rings. The first-order valence-corrected chi connectivity index (χ1v) is 6.89. The van der Waals surface area contributed by atoms with Gasteiger partial charge in [0.1, 0.15) is 18.2 Å². The van der Waals surface area contributed by atoms with Crippen LogP contribution >= 0.6 is 23.2 Å². The molecular formula is C13H10Cl2F3N3O2. The topological polar surface area (TPSA) is 74.5 Å². The third kappa shape index (κ3) is 5.62. The Morgan fingerprint density at radius 3 is 2.39 bits per heavy atom. The normalized spacial score (nSPS) is 11.8. The molecule has 1 N–H and O–H groups in total. The standard InChI is InChI=1S/C13H10Cl2F3N3O2/c1-2-23-11(22)5-8(6-19)20-21-12-9(14)3-7(4-10(12)15)13(16,17)18/h3-4,21H,2,5H2,1H3. The van der Waals surface area contributed by atoms with E-state index in [0.717, 1.165) is 0 Å². The summed E-state index contributed by atoms with van der Waals surface area (Å²) < 4.78 is 42.5. The minimum absolute atomic E-state index is 0.113. The van der Waals surface area contributed by atoms with Crippen molar-refractivity contribution in [3.8, 4) is 6.07 Å². The molecule has 0 aliphatic carbocycles. The number of carbonyl (C=O) groups is 1. The Kier molecular flexibility index (Phi) is 6.66. The Bertz CT molecular complexity index is 646. The summed E-state index contributed by atoms with van der Waals surface area (Å²) >= 11 is 11.5. The van der Waals surface area contributed by atoms with E-state index in [-0.39, 0.29) is 28.1 Å². The summed E-state index contributed by atoms with van der Waals surface area (Å²) in [7, 11) is 0. The average Bonchev–Trinajstić information content (AvgIpc) is 2.44. The quantitative estimate of drug-likeness (QED) is 0.479. The summed E-state index contributed by atoms with van der Waals surface area (Å²) in [6.07, 6.45) is -5.00. The summed E-state index contributed by atoms with van der Waals surface area (Å²) in [5.74, 6) is -0.667. The SMILES string of the molecule is CCOC(=O)CC(C#N)=NNc1c(Cl)cc(C(F)(F)F)cc1Cl. The lowest BCUT2D eigenvalue weighted by Gasteiger charge is -2.11. The van der Waals surface area contributed by atoms with Gasteiger partial charge in [0, 0.05) is 0 Å². The van der Waals surface area contributed by atoms with E-state index >= 15 is 0 Å². The van der Waals surface area contributed by atoms with Crippen molar-refractivity contribution in [2.24, 2.45) is 5.10 Å². The van der Waals surface area contributed by atoms with Gasteiger partial charge in [-0.05, 0) is 19.1 Å². The van der Waals surface area contributed by atoms with Crippen LogP contribution in [0.4, 0.5) is 18.9 Å². The van der Waals surface area contributed by atoms with Gasteiger partial charge in [-0.1, -0.05) is 23.2 Å². The van der Waals surface area contributed by atoms with Crippen molar-refractivity contribution in [1.82, 2.24) is 0 Å². The van der Waals surface area contributed by atoms with Crippen LogP contribution in [0.3, 0.4) is 0 Å². The van der Waals surface area contributed by atoms with Crippen LogP contribution in [-0.4, -0.2) is 18.3 Å². The Labute approximate surface area is 139 Å². The predicted molar refractivity (Wildman–Crippen MR) is 79.4 cm³/mol. The van der Waals surface area contributed by atoms with Crippen molar-refractivity contribution in [2.75, 3.05) is 12.0 Å². The molecule has 0 aromatic heterocycles. The number of alkyl halides is 3. The summed E-state index contributed by atoms with van der Waals surface area (Å²) in [6, 6.07) is 3.00. The lowest BCUT2D eigenvalue weighted by atomic mass is 10.2. The van der Waals surface area contributed by atoms with Crippen molar-refractivity contribution in [3.63, 3.8) is 0 Å². The summed E-state index contributed by atoms with van der Waals surface area (Å²) in [5, 5.41) is 11.8. The van der Waals surface area contributed by atoms with Gasteiger partial charge < -0.3 is 4.74 Å². The van der Waals surface area contributed by atoms with Crippen LogP contribution < -0.4 is 5.43 Å². The molecule has 0 unspecified atom stereocenters. The Morgan fingerprint density at radius 1 is 1.39 bits per heavy atom. The molecular weight excluding hydrogens is 358 g/mol. The third-order valence-corrected chi connectivity index (χ3v) is 3.01. The van der Waals surface area contributed by atoms with E-state index < -0.39 is 24.1 Å². The second-order valence-electron chi connectivity index (χ2n) is 4.08. The highest BCUT2D eigenvalue weighted by atomic mass is 35.5. The van der Waals surface area contributed by atoms with Gasteiger partial charge in [-0.2, -0.15) is 23.5 Å². The first kappa shape index (κ1) is 19.1. The molecule has 0 amide bonds. The zero-order chi connectivity index (χ0) is 17.6. The number of benzene rings is 1. The molecule has 23 heavy (non-hydrogen) atoms. The number of hydrazone groups is 1. The number of halogens is 5. The molecule has 1 aromatic rings. The molecule has 0 spiro atoms. The fraction of sp³-hybridized carbons (Fsp3) is 0.308. The van der Waals surface area contributed by atoms with Crippen LogP contribution in [0.2, 0.25) is 10.0 Å². The highest BCUT2D eigenvalue weighted by Gasteiger charge is 2.32. The van der Waals surface area contributed by atoms with Crippen LogP contribution in [0.1, 0.15) is 18.9 Å². The molecule has 5 nitrogen and oxygen atoms in total. The van der Waals surface area contributed by atoms with E-state index in [4.69, 9.17) is 28.5 Å². The second kappa shape index (κ2) is 8.04. The molecule has 0 saturated heterocycles. The number of anilines is 1. The van der Waals surface area contributed by atoms with E-state index in [2.05, 4.69) is 15.3 Å². The van der Waals surface area contributed by atoms with Crippen molar-refractivity contribution in [2.45, 2.75) is 19.5 Å². The zero-order valence-corrected chi connectivity index (χ0v) is 13.2. The summed E-state index contributed by atoms with van der Waals surface area (Å²) in [4.78, 5) is 11.3. The van der Waals surface area contributed by atoms with Crippen molar-refractivity contribution < 1.29 is 22.7 Å². The smallest absolute Gasteiger partial charge is 0.416 e. The minimum atomic E-state index is -4.60. The van der Waals surface area contributed by atoms with E-state index in [0.29, 0.717) is 12.1 Å². The van der Waals surface area contributed by atoms with Gasteiger partial charge in [0.05, 0.1) is 27.9 Å². The van der Waals surface area contributed by atoms with E-state index in [9.17, 15) is 18.0 Å². The van der Waals surface area contributed by atoms with Crippen molar-refractivity contribution >= 4 is 40.6 Å². The molecule has 0 aliphatic heterocycles. The Morgan fingerprint density at radius 2 is 1.96 bits per heavy atom. The van der Waals surface area contributed by atoms with Gasteiger partial charge in [0.25, 0.3) is 0 Å². The van der Waals surface area contributed by atoms with Gasteiger partial charge in [0.2, 0.25) is 0 Å². The Hall–Kier alpha value is -1.98. The van der Waals surface area contributed by atoms with E-state index in [1.807, 2.05) is 0 Å². The molecule has 0 fully saturated rings. The first-order chi connectivity index (χ1) is 10.7. The van der Waals surface area contributed by atoms with Crippen molar-refractivity contribution in [1.29, 1.82) is 5.26 Å². The monoisotopic (exact) mass is 367 g/mol. The largest absolute Gasteiger partial charge is 0.466 e. The molecule has 0 heterocycles. The zero-order valence-electron chi connectivity index (χ0n) is 11.7. The van der Waals surface area contributed by atoms with Gasteiger partial charge in [-0.25, -0.2) is 0 Å². The lowest BCUT2D eigenvalue weighted by molar-refractivity contribution is -0.141. The molecule has 124 valence electrons. The van der Waals surface area contributed by atoms with Crippen LogP contribution in [0.5, 0.6) is 0 Å². The molecule has 0 atom stereocenters. The minimum Gasteiger partial charge on any atom is -0.466 e. The van der Waals surface area contributed by atoms with E-state index in [1.165, 1.54) is 0 Å². The average molecular weight is 368 g/mol. The summed E-state index contributed by atoms with van der Waals surface area (Å²) in [5.41, 5.74) is 0.912. The molecule has 0 bridgehead atoms. The molecule has 0 radical (unpaired) electrons. The highest BCUT2D eigenvalue weighted by Crippen LogP contribution is 2.38. The fourth-order valence-electron chi connectivity index (χ4n) is 1.42. The second-order valence-corrected chi connectivity index (χ2v) is 4.89. The number of nitrogens with zero attached hydrogens (tertiary/aromatic N) is 2. The number of ether oxygens (including phenoxy) is 1. The van der Waals surface area contributed by atoms with Gasteiger partial charge in [0.15, 0.2) is 0 Å². The number of hydrogen-bond acceptors (Lipinski definition) is 5. The van der Waals surface area contributed by atoms with E-state index in [1.54, 1.807) is 13.0 Å². The predicted octanol–water partition coefficient (Wildman–Crippen LogP) is 4.26. The van der Waals surface area contributed by atoms with Crippen LogP contribution in [0.15, 0.2) is 17.2 Å². The Balaban J connectivity index is 2.98. The number of nitrogens with one attached hydrogen (secondary N) is 1. The number of nitriles is 1. The number of carbonyl (C=O) groups excluding carboxylic acids is 1. The van der Waals surface area contributed by atoms with Crippen LogP contribution in [0, 0.1) is 11.3 Å². The van der Waals surface area contributed by atoms with Crippen molar-refractivity contribution in [3.05, 3.63) is 27.7 Å². The molecule has 1 aromatic carbocycles. The maximum absolute atomic E-state index is 12.6. The number of hydrogen-bond donors (Lipinski definition) is 1. The number of esters is 1. The third-order valence-electron chi connectivity index (χ3n) is 2.42. The molecule has 0 saturated carbocycles. The van der Waals surface area contributed by atoms with Gasteiger partial charge in [-0.3, -0.25) is 10.2 Å². The fourth-order valence-corrected chi connectivity index (χ4v) is 1.99. The van der Waals surface area contributed by atoms with Crippen LogP contribution in [0.25, 0.3) is 0 Å². The van der Waals surface area contributed by atoms with Crippen LogP contribution in [-0.2, 0) is 15.7 Å². The summed E-state index contributed by atoms with van der Waals surface area (Å²) in [6.45, 7) is 1.74. The maximum Gasteiger partial charge on any atom is 0.416 e. The number of rotatable bonds is 5. The lowest BCUT2D eigenvalue weighted by Crippen LogP contribution is -2.11. The van der Waals surface area contributed by atoms with Gasteiger partial charge >= 0.3 is 12.1 Å². The molecule has 1 rings (SSSR count). The molecule has 10 heteroatoms. The highest BCUT2D eigenvalue weighted by molar-refractivity contribution is 6.39. The first-order valence-electron chi connectivity index (χ1n) is 6.13. The van der Waals surface area contributed by atoms with Gasteiger partial charge in [-0.15, -0.1) is 0 Å². The maximum atomic E-state index is 12.6.